The second-order valence-corrected chi connectivity index (χ2v) is 0. The molecule has 0 saturated carbocycles. The van der Waals surface area contributed by atoms with Crippen LogP contribution in [-0.2, 0) is 21.8 Å². The third kappa shape index (κ3) is 21.2. The van der Waals surface area contributed by atoms with Crippen LogP contribution < -0.4 is 0 Å². The van der Waals surface area contributed by atoms with E-state index in [0.717, 1.165) is 0 Å². The second kappa shape index (κ2) is 31.8. The number of hydrogen-bond donors (Lipinski definition) is 0. The Bertz CT molecular complexity index is 11.6. The molecule has 0 aromatic carbocycles. The van der Waals surface area contributed by atoms with Crippen molar-refractivity contribution in [1.29, 1.82) is 0 Å². The van der Waals surface area contributed by atoms with Crippen LogP contribution in [0.3, 0.4) is 0 Å². The van der Waals surface area contributed by atoms with E-state index < -0.39 is 0 Å². The monoisotopic (exact) mass is 300 g/mol. The minimum atomic E-state index is 0. The molecule has 0 spiro atoms. The van der Waals surface area contributed by atoms with Crippen molar-refractivity contribution in [2.75, 3.05) is 0 Å². The predicted molar refractivity (Wildman–Crippen MR) is 30.5 cm³/mol. The molecule has 0 rings (SSSR count). The van der Waals surface area contributed by atoms with Gasteiger partial charge in [-0.2, -0.15) is 0 Å². The van der Waals surface area contributed by atoms with Crippen LogP contribution in [0.15, 0.2) is 0 Å². The molecule has 5 heavy (non-hydrogen) atoms. The molecule has 26 valence electrons. The van der Waals surface area contributed by atoms with Crippen molar-refractivity contribution in [2.45, 2.75) is 0 Å². The van der Waals surface area contributed by atoms with Crippen molar-refractivity contribution in [3.05, 3.63) is 0 Å². The Morgan fingerprint density at radius 2 is 1.20 bits per heavy atom. The molecule has 0 aromatic heterocycles. The Kier molecular flexibility index (Phi) is 165. The third-order valence-electron chi connectivity index (χ3n) is 0. The molecule has 0 N–H and O–H groups in total. The zero-order valence-corrected chi connectivity index (χ0v) is 4.08. The number of hydrogen-bond acceptors (Lipinski definition) is 1. The van der Waals surface area contributed by atoms with Crippen molar-refractivity contribution >= 4 is 63.0 Å². The summed E-state index contributed by atoms with van der Waals surface area (Å²) >= 11 is 0.125. The second-order valence-electron chi connectivity index (χ2n) is 0. The topological polar surface area (TPSA) is 17.1 Å². The molecule has 0 aromatic rings. The molecule has 0 bridgehead atoms. The molecular weight excluding hydrogens is 293 g/mol. The van der Waals surface area contributed by atoms with E-state index in [1.807, 2.05) is 0 Å². The van der Waals surface area contributed by atoms with Crippen LogP contribution in [0, 0.1) is 0 Å². The van der Waals surface area contributed by atoms with Crippen LogP contribution in [0.2, 0.25) is 0 Å². The molecule has 0 amide bonds. The van der Waals surface area contributed by atoms with Crippen LogP contribution >= 0.6 is 0 Å². The first-order valence-corrected chi connectivity index (χ1v) is 1.50. The first kappa shape index (κ1) is 26.0. The fraction of sp³-hybridized carbons (Fsp3) is 0. The molecule has 0 aliphatic rings. The van der Waals surface area contributed by atoms with Crippen molar-refractivity contribution < 1.29 is 21.8 Å². The van der Waals surface area contributed by atoms with Gasteiger partial charge in [-0.1, -0.05) is 0 Å². The first-order chi connectivity index (χ1) is 1.00. The third-order valence-corrected chi connectivity index (χ3v) is 0. The minimum absolute atomic E-state index is 0. The number of rotatable bonds is 0. The maximum absolute atomic E-state index is 8.38. The quantitative estimate of drug-likeness (QED) is 0.422. The zero-order valence-electron chi connectivity index (χ0n) is 1.12. The maximum atomic E-state index is 8.38. The van der Waals surface area contributed by atoms with Crippen LogP contribution in [0.4, 0.5) is 0 Å². The zero-order chi connectivity index (χ0) is 2.00. The average Bonchev–Trinajstić information content (AvgIpc) is 1.00. The standard InChI is InChI=1S/Al.Ga.In.O.Zn.9H. The van der Waals surface area contributed by atoms with E-state index in [0.29, 0.717) is 0 Å². The summed E-state index contributed by atoms with van der Waals surface area (Å²) in [6.07, 6.45) is 0. The van der Waals surface area contributed by atoms with Gasteiger partial charge < -0.3 is 0 Å². The van der Waals surface area contributed by atoms with Gasteiger partial charge in [-0.25, -0.2) is 0 Å². The molecule has 0 unspecified atom stereocenters. The fourth-order valence-corrected chi connectivity index (χ4v) is 0. The Hall–Kier alpha value is 2.46. The molecule has 0 radical (unpaired) electrons. The Labute approximate surface area is 83.6 Å². The van der Waals surface area contributed by atoms with E-state index >= 15 is 0 Å². The van der Waals surface area contributed by atoms with Gasteiger partial charge in [0.05, 0.1) is 0 Å². The molecular formula is H9AlGaInOZn. The van der Waals surface area contributed by atoms with E-state index in [-0.39, 0.29) is 81.2 Å². The SMILES string of the molecule is [AlH3].[GaH3].[InH3].[O]=[Zn]. The van der Waals surface area contributed by atoms with Crippen LogP contribution in [-0.4, -0.2) is 63.0 Å². The van der Waals surface area contributed by atoms with Crippen LogP contribution in [0.25, 0.3) is 0 Å². The van der Waals surface area contributed by atoms with Crippen molar-refractivity contribution in [2.24, 2.45) is 0 Å². The van der Waals surface area contributed by atoms with Gasteiger partial charge in [-0.05, 0) is 0 Å². The first-order valence-electron chi connectivity index (χ1n) is 0.289. The van der Waals surface area contributed by atoms with Gasteiger partial charge in [0.1, 0.15) is 0 Å². The normalized spacial score (nSPS) is 1.20. The molecule has 0 saturated heterocycles. The summed E-state index contributed by atoms with van der Waals surface area (Å²) in [5.41, 5.74) is 0. The molecule has 5 heteroatoms. The van der Waals surface area contributed by atoms with Gasteiger partial charge in [0.15, 0.2) is 17.4 Å². The summed E-state index contributed by atoms with van der Waals surface area (Å²) in [5, 5.41) is 0. The van der Waals surface area contributed by atoms with Gasteiger partial charge in [-0.3, -0.25) is 0 Å². The van der Waals surface area contributed by atoms with E-state index in [2.05, 4.69) is 0 Å². The van der Waals surface area contributed by atoms with E-state index in [1.54, 1.807) is 0 Å². The van der Waals surface area contributed by atoms with Gasteiger partial charge in [0, 0.05) is 0 Å². The van der Waals surface area contributed by atoms with Crippen molar-refractivity contribution in [3.63, 3.8) is 0 Å². The van der Waals surface area contributed by atoms with Crippen LogP contribution in [0.1, 0.15) is 0 Å². The summed E-state index contributed by atoms with van der Waals surface area (Å²) in [6.45, 7) is 0. The van der Waals surface area contributed by atoms with Gasteiger partial charge in [0.2, 0.25) is 0 Å². The Balaban J connectivity index is -0.00000000167. The Morgan fingerprint density at radius 3 is 1.20 bits per heavy atom. The van der Waals surface area contributed by atoms with Gasteiger partial charge >= 0.3 is 67.5 Å². The fourth-order valence-electron chi connectivity index (χ4n) is 0. The molecule has 0 aliphatic carbocycles. The van der Waals surface area contributed by atoms with E-state index in [4.69, 9.17) is 3.57 Å². The van der Waals surface area contributed by atoms with E-state index in [1.165, 1.54) is 0 Å². The summed E-state index contributed by atoms with van der Waals surface area (Å²) in [7, 11) is 0. The Morgan fingerprint density at radius 1 is 1.20 bits per heavy atom. The van der Waals surface area contributed by atoms with Crippen LogP contribution in [0.5, 0.6) is 0 Å². The molecule has 0 heterocycles. The summed E-state index contributed by atoms with van der Waals surface area (Å²) < 4.78 is 8.38. The molecule has 0 atom stereocenters. The molecule has 0 aliphatic heterocycles. The summed E-state index contributed by atoms with van der Waals surface area (Å²) in [5.74, 6) is 0. The average molecular weight is 302 g/mol. The van der Waals surface area contributed by atoms with Gasteiger partial charge in [-0.15, -0.1) is 0 Å². The van der Waals surface area contributed by atoms with Crippen molar-refractivity contribution in [1.82, 2.24) is 0 Å². The predicted octanol–water partition coefficient (Wildman–Crippen LogP) is -3.67. The summed E-state index contributed by atoms with van der Waals surface area (Å²) in [4.78, 5) is 0. The molecule has 1 nitrogen and oxygen atoms in total. The van der Waals surface area contributed by atoms with E-state index in [9.17, 15) is 0 Å². The summed E-state index contributed by atoms with van der Waals surface area (Å²) in [6, 6.07) is 0. The molecule has 0 fully saturated rings. The van der Waals surface area contributed by atoms with Gasteiger partial charge in [0.25, 0.3) is 0 Å². The van der Waals surface area contributed by atoms with Crippen molar-refractivity contribution in [3.8, 4) is 0 Å².